The number of hydrogen-bond acceptors (Lipinski definition) is 1. The zero-order valence-corrected chi connectivity index (χ0v) is 18.6. The number of unbranched alkanes of at least 4 members (excludes halogenated alkanes) is 1. The van der Waals surface area contributed by atoms with E-state index in [1.165, 1.54) is 52.2 Å². The first-order chi connectivity index (χ1) is 15.2. The van der Waals surface area contributed by atoms with E-state index in [4.69, 9.17) is 0 Å². The van der Waals surface area contributed by atoms with Gasteiger partial charge in [0.15, 0.2) is 0 Å². The fourth-order valence-electron chi connectivity index (χ4n) is 3.95. The Bertz CT molecular complexity index is 1020. The molecular weight excluding hydrogens is 374 g/mol. The second-order valence-electron chi connectivity index (χ2n) is 8.37. The van der Waals surface area contributed by atoms with E-state index in [0.29, 0.717) is 0 Å². The van der Waals surface area contributed by atoms with Crippen LogP contribution in [0.4, 0.5) is 17.1 Å². The summed E-state index contributed by atoms with van der Waals surface area (Å²) in [5.74, 6) is 0. The molecule has 0 saturated carbocycles. The molecule has 0 aliphatic rings. The summed E-state index contributed by atoms with van der Waals surface area (Å²) >= 11 is 0. The average Bonchev–Trinajstić information content (AvgIpc) is 2.81. The molecule has 1 nitrogen and oxygen atoms in total. The highest BCUT2D eigenvalue weighted by Gasteiger charge is 2.12. The smallest absolute Gasteiger partial charge is 0.0461 e. The lowest BCUT2D eigenvalue weighted by Gasteiger charge is -2.26. The molecule has 0 atom stereocenters. The van der Waals surface area contributed by atoms with Gasteiger partial charge in [0.25, 0.3) is 0 Å². The first-order valence-corrected chi connectivity index (χ1v) is 11.3. The molecule has 0 radical (unpaired) electrons. The Morgan fingerprint density at radius 1 is 0.452 bits per heavy atom. The molecule has 0 unspecified atom stereocenters. The third kappa shape index (κ3) is 5.64. The highest BCUT2D eigenvalue weighted by molar-refractivity contribution is 5.76. The van der Waals surface area contributed by atoms with Crippen LogP contribution in [0.25, 0.3) is 0 Å². The van der Waals surface area contributed by atoms with Gasteiger partial charge < -0.3 is 4.90 Å². The maximum Gasteiger partial charge on any atom is 0.0461 e. The van der Waals surface area contributed by atoms with Crippen molar-refractivity contribution in [2.45, 2.75) is 39.5 Å². The normalized spacial score (nSPS) is 10.8. The maximum atomic E-state index is 2.33. The van der Waals surface area contributed by atoms with Crippen LogP contribution in [0, 0.1) is 13.8 Å². The van der Waals surface area contributed by atoms with E-state index in [1.54, 1.807) is 0 Å². The van der Waals surface area contributed by atoms with Gasteiger partial charge in [-0.15, -0.1) is 0 Å². The van der Waals surface area contributed by atoms with Crippen LogP contribution in [0.1, 0.15) is 35.1 Å². The Kier molecular flexibility index (Phi) is 6.84. The third-order valence-corrected chi connectivity index (χ3v) is 5.80. The minimum atomic E-state index is 1.13. The van der Waals surface area contributed by atoms with Crippen LogP contribution in [0.5, 0.6) is 0 Å². The van der Waals surface area contributed by atoms with Gasteiger partial charge >= 0.3 is 0 Å². The lowest BCUT2D eigenvalue weighted by Crippen LogP contribution is -2.10. The third-order valence-electron chi connectivity index (χ3n) is 5.80. The molecule has 0 amide bonds. The van der Waals surface area contributed by atoms with Gasteiger partial charge in [0, 0.05) is 17.1 Å². The van der Waals surface area contributed by atoms with Crippen LogP contribution >= 0.6 is 0 Å². The molecule has 0 bridgehead atoms. The van der Waals surface area contributed by atoms with E-state index in [0.717, 1.165) is 12.8 Å². The fourth-order valence-corrected chi connectivity index (χ4v) is 3.95. The first kappa shape index (κ1) is 20.9. The van der Waals surface area contributed by atoms with Crippen LogP contribution in [-0.2, 0) is 12.8 Å². The Morgan fingerprint density at radius 3 is 1.29 bits per heavy atom. The lowest BCUT2D eigenvalue weighted by molar-refractivity contribution is 0.734. The standard InChI is InChI=1S/C30H31N/c1-24-12-18-28(19-13-24)31(29-20-14-25(2)15-21-29)30-22-16-27(17-23-30)11-7-6-10-26-8-4-3-5-9-26/h3-5,8-9,12-23H,6-7,10-11H2,1-2H3. The molecule has 31 heavy (non-hydrogen) atoms. The van der Waals surface area contributed by atoms with Crippen molar-refractivity contribution in [2.24, 2.45) is 0 Å². The van der Waals surface area contributed by atoms with Crippen LogP contribution in [0.3, 0.4) is 0 Å². The number of rotatable bonds is 8. The van der Waals surface area contributed by atoms with Crippen LogP contribution in [0.2, 0.25) is 0 Å². The molecule has 0 aliphatic heterocycles. The van der Waals surface area contributed by atoms with Gasteiger partial charge in [-0.3, -0.25) is 0 Å². The lowest BCUT2D eigenvalue weighted by atomic mass is 10.0. The van der Waals surface area contributed by atoms with Gasteiger partial charge in [-0.2, -0.15) is 0 Å². The Morgan fingerprint density at radius 2 is 0.839 bits per heavy atom. The molecule has 0 N–H and O–H groups in total. The van der Waals surface area contributed by atoms with Crippen molar-refractivity contribution in [3.63, 3.8) is 0 Å². The number of nitrogens with zero attached hydrogens (tertiary/aromatic N) is 1. The summed E-state index contributed by atoms with van der Waals surface area (Å²) in [6.45, 7) is 4.26. The van der Waals surface area contributed by atoms with Crippen molar-refractivity contribution in [3.05, 3.63) is 125 Å². The minimum Gasteiger partial charge on any atom is -0.311 e. The largest absolute Gasteiger partial charge is 0.311 e. The topological polar surface area (TPSA) is 3.24 Å². The quantitative estimate of drug-likeness (QED) is 0.266. The summed E-state index contributed by atoms with van der Waals surface area (Å²) in [5.41, 5.74) is 8.96. The summed E-state index contributed by atoms with van der Waals surface area (Å²) < 4.78 is 0. The van der Waals surface area contributed by atoms with E-state index >= 15 is 0 Å². The monoisotopic (exact) mass is 405 g/mol. The molecule has 0 heterocycles. The van der Waals surface area contributed by atoms with Crippen molar-refractivity contribution in [2.75, 3.05) is 4.90 Å². The average molecular weight is 406 g/mol. The van der Waals surface area contributed by atoms with Gasteiger partial charge in [0.1, 0.15) is 0 Å². The van der Waals surface area contributed by atoms with Gasteiger partial charge in [0.05, 0.1) is 0 Å². The second-order valence-corrected chi connectivity index (χ2v) is 8.37. The second kappa shape index (κ2) is 10.1. The van der Waals surface area contributed by atoms with Gasteiger partial charge in [-0.25, -0.2) is 0 Å². The number of hydrogen-bond donors (Lipinski definition) is 0. The zero-order chi connectivity index (χ0) is 21.5. The summed E-state index contributed by atoms with van der Waals surface area (Å²) in [7, 11) is 0. The molecule has 0 spiro atoms. The van der Waals surface area contributed by atoms with Gasteiger partial charge in [-0.05, 0) is 87.1 Å². The molecular formula is C30H31N. The van der Waals surface area contributed by atoms with Crippen molar-refractivity contribution in [1.29, 1.82) is 0 Å². The van der Waals surface area contributed by atoms with E-state index in [9.17, 15) is 0 Å². The van der Waals surface area contributed by atoms with Crippen LogP contribution in [0.15, 0.2) is 103 Å². The molecule has 0 aromatic heterocycles. The summed E-state index contributed by atoms with van der Waals surface area (Å²) in [5, 5.41) is 0. The molecule has 0 saturated heterocycles. The van der Waals surface area contributed by atoms with Crippen LogP contribution in [-0.4, -0.2) is 0 Å². The van der Waals surface area contributed by atoms with Gasteiger partial charge in [-0.1, -0.05) is 77.9 Å². The SMILES string of the molecule is Cc1ccc(N(c2ccc(C)cc2)c2ccc(CCCCc3ccccc3)cc2)cc1. The molecule has 4 aromatic carbocycles. The number of benzene rings is 4. The summed E-state index contributed by atoms with van der Waals surface area (Å²) in [4.78, 5) is 2.33. The molecule has 0 fully saturated rings. The summed E-state index contributed by atoms with van der Waals surface area (Å²) in [6, 6.07) is 37.4. The van der Waals surface area contributed by atoms with Gasteiger partial charge in [0.2, 0.25) is 0 Å². The van der Waals surface area contributed by atoms with E-state index < -0.39 is 0 Å². The zero-order valence-electron chi connectivity index (χ0n) is 18.6. The predicted octanol–water partition coefficient (Wildman–Crippen LogP) is 8.34. The minimum absolute atomic E-state index is 1.13. The molecule has 0 aliphatic carbocycles. The number of anilines is 3. The molecule has 156 valence electrons. The molecule has 1 heteroatoms. The van der Waals surface area contributed by atoms with Crippen molar-refractivity contribution in [3.8, 4) is 0 Å². The molecule has 4 rings (SSSR count). The van der Waals surface area contributed by atoms with Crippen LogP contribution < -0.4 is 4.90 Å². The van der Waals surface area contributed by atoms with Crippen molar-refractivity contribution >= 4 is 17.1 Å². The Balaban J connectivity index is 1.47. The Hall–Kier alpha value is -3.32. The molecule has 4 aromatic rings. The first-order valence-electron chi connectivity index (χ1n) is 11.3. The summed E-state index contributed by atoms with van der Waals surface area (Å²) in [6.07, 6.45) is 4.73. The maximum absolute atomic E-state index is 2.33. The van der Waals surface area contributed by atoms with E-state index in [1.807, 2.05) is 0 Å². The highest BCUT2D eigenvalue weighted by atomic mass is 15.1. The Labute approximate surface area is 187 Å². The number of aryl methyl sites for hydroxylation is 4. The highest BCUT2D eigenvalue weighted by Crippen LogP contribution is 2.34. The van der Waals surface area contributed by atoms with E-state index in [-0.39, 0.29) is 0 Å². The predicted molar refractivity (Wildman–Crippen MR) is 134 cm³/mol. The fraction of sp³-hybridized carbons (Fsp3) is 0.200. The van der Waals surface area contributed by atoms with Crippen molar-refractivity contribution in [1.82, 2.24) is 0 Å². The van der Waals surface area contributed by atoms with Crippen molar-refractivity contribution < 1.29 is 0 Å². The van der Waals surface area contributed by atoms with E-state index in [2.05, 4.69) is 122 Å².